The summed E-state index contributed by atoms with van der Waals surface area (Å²) in [5.41, 5.74) is 2.39. The summed E-state index contributed by atoms with van der Waals surface area (Å²) in [6.45, 7) is 22.1. The summed E-state index contributed by atoms with van der Waals surface area (Å²) in [5, 5.41) is 7.24. The van der Waals surface area contributed by atoms with Crippen molar-refractivity contribution in [3.63, 3.8) is 0 Å². The molecule has 5 aromatic rings. The Morgan fingerprint density at radius 2 is 0.712 bits per heavy atom. The van der Waals surface area contributed by atoms with Gasteiger partial charge in [-0.1, -0.05) is 184 Å². The first kappa shape index (κ1) is 50.3. The first-order chi connectivity index (χ1) is 31.6. The minimum atomic E-state index is -0.214. The van der Waals surface area contributed by atoms with Crippen LogP contribution in [0.4, 0.5) is 0 Å². The molecule has 66 heavy (non-hydrogen) atoms. The van der Waals surface area contributed by atoms with Gasteiger partial charge in [-0.15, -0.1) is 23.5 Å². The highest BCUT2D eigenvalue weighted by Gasteiger charge is 2.42. The molecule has 0 spiro atoms. The molecule has 0 bridgehead atoms. The highest BCUT2D eigenvalue weighted by atomic mass is 32.2. The lowest BCUT2D eigenvalue weighted by atomic mass is 9.81. The van der Waals surface area contributed by atoms with Gasteiger partial charge >= 0.3 is 0 Å². The van der Waals surface area contributed by atoms with Crippen molar-refractivity contribution in [1.82, 2.24) is 9.80 Å². The van der Waals surface area contributed by atoms with Gasteiger partial charge in [0.15, 0.2) is 0 Å². The fourth-order valence-electron chi connectivity index (χ4n) is 10.9. The molecular formula is C58H78N2O4S2. The molecule has 0 saturated carbocycles. The van der Waals surface area contributed by atoms with Crippen LogP contribution >= 0.6 is 23.5 Å². The molecule has 0 atom stereocenters. The molecule has 0 fully saturated rings. The predicted octanol–water partition coefficient (Wildman–Crippen LogP) is 17.3. The molecule has 6 nitrogen and oxygen atoms in total. The topological polar surface area (TPSA) is 74.8 Å². The Bertz CT molecular complexity index is 2420. The number of rotatable bonds is 24. The summed E-state index contributed by atoms with van der Waals surface area (Å²) >= 11 is 3.50. The number of carbonyl (C=O) groups excluding carboxylic acids is 4. The molecule has 356 valence electrons. The fourth-order valence-corrected chi connectivity index (χ4v) is 13.2. The lowest BCUT2D eigenvalue weighted by Crippen LogP contribution is -2.47. The van der Waals surface area contributed by atoms with E-state index in [1.54, 1.807) is 33.3 Å². The van der Waals surface area contributed by atoms with E-state index in [-0.39, 0.29) is 45.2 Å². The maximum atomic E-state index is 15.3. The van der Waals surface area contributed by atoms with Crippen molar-refractivity contribution in [1.29, 1.82) is 0 Å². The molecule has 0 aliphatic carbocycles. The first-order valence-electron chi connectivity index (χ1n) is 26.0. The number of nitrogens with zero attached hydrogens (tertiary/aromatic N) is 2. The van der Waals surface area contributed by atoms with Crippen LogP contribution in [-0.4, -0.2) is 55.0 Å². The molecule has 0 aromatic heterocycles. The standard InChI is InChI=1S/C58H78N2O4S2/c1-11-15-19-23-27-37(28-24-20-16-12-2)59-53(61)41-33-31-39-47-40(32-34-42(48(41)47)54(59)62)51-46(66-58(8,9)10)36-44-49-43(35-45(50(39)52(49)51)65-57(5,6)7)55(63)60(56(44)64)38(29-25-21-17-13-3)30-26-22-18-14-4/h31-38H,11-30H2,1-10H3. The molecular weight excluding hydrogens is 853 g/mol. The molecule has 0 saturated heterocycles. The highest BCUT2D eigenvalue weighted by Crippen LogP contribution is 2.54. The minimum absolute atomic E-state index is 0.141. The Morgan fingerprint density at radius 1 is 0.394 bits per heavy atom. The van der Waals surface area contributed by atoms with E-state index in [9.17, 15) is 0 Å². The van der Waals surface area contributed by atoms with Gasteiger partial charge in [0.25, 0.3) is 23.6 Å². The van der Waals surface area contributed by atoms with Crippen LogP contribution in [0.5, 0.6) is 0 Å². The molecule has 0 radical (unpaired) electrons. The lowest BCUT2D eigenvalue weighted by molar-refractivity contribution is 0.0501. The van der Waals surface area contributed by atoms with Crippen LogP contribution in [0.15, 0.2) is 46.2 Å². The Hall–Kier alpha value is -3.62. The summed E-state index contributed by atoms with van der Waals surface area (Å²) in [4.78, 5) is 66.0. The van der Waals surface area contributed by atoms with E-state index in [4.69, 9.17) is 0 Å². The lowest BCUT2D eigenvalue weighted by Gasteiger charge is -2.37. The van der Waals surface area contributed by atoms with E-state index in [0.29, 0.717) is 22.3 Å². The molecule has 2 aliphatic heterocycles. The van der Waals surface area contributed by atoms with Gasteiger partial charge in [0.2, 0.25) is 0 Å². The Labute approximate surface area is 404 Å². The number of amides is 4. The number of unbranched alkanes of at least 4 members (excludes halogenated alkanes) is 12. The highest BCUT2D eigenvalue weighted by molar-refractivity contribution is 8.01. The average Bonchev–Trinajstić information content (AvgIpc) is 3.26. The maximum Gasteiger partial charge on any atom is 0.261 e. The summed E-state index contributed by atoms with van der Waals surface area (Å²) in [7, 11) is 0. The second-order valence-electron chi connectivity index (χ2n) is 21.5. The van der Waals surface area contributed by atoms with Gasteiger partial charge in [-0.2, -0.15) is 0 Å². The molecule has 2 aliphatic rings. The van der Waals surface area contributed by atoms with Gasteiger partial charge in [-0.05, 0) is 66.1 Å². The van der Waals surface area contributed by atoms with E-state index in [1.807, 2.05) is 12.1 Å². The zero-order valence-electron chi connectivity index (χ0n) is 42.1. The molecule has 8 heteroatoms. The van der Waals surface area contributed by atoms with Gasteiger partial charge in [0.1, 0.15) is 0 Å². The van der Waals surface area contributed by atoms with Crippen LogP contribution in [0.2, 0.25) is 0 Å². The molecule has 2 heterocycles. The second-order valence-corrected chi connectivity index (χ2v) is 25.2. The van der Waals surface area contributed by atoms with Crippen molar-refractivity contribution in [2.24, 2.45) is 0 Å². The maximum absolute atomic E-state index is 15.3. The normalized spacial score (nSPS) is 14.7. The van der Waals surface area contributed by atoms with Crippen LogP contribution in [0.25, 0.3) is 43.1 Å². The smallest absolute Gasteiger partial charge is 0.261 e. The average molecular weight is 931 g/mol. The van der Waals surface area contributed by atoms with Gasteiger partial charge in [0, 0.05) is 80.6 Å². The van der Waals surface area contributed by atoms with Crippen LogP contribution in [0, 0.1) is 0 Å². The quantitative estimate of drug-likeness (QED) is 0.0202. The Kier molecular flexibility index (Phi) is 16.3. The monoisotopic (exact) mass is 931 g/mol. The van der Waals surface area contributed by atoms with Crippen molar-refractivity contribution in [2.45, 2.75) is 229 Å². The molecule has 0 N–H and O–H groups in total. The van der Waals surface area contributed by atoms with Crippen LogP contribution in [0.3, 0.4) is 0 Å². The fraction of sp³-hybridized carbons (Fsp3) is 0.586. The van der Waals surface area contributed by atoms with Gasteiger partial charge < -0.3 is 0 Å². The summed E-state index contributed by atoms with van der Waals surface area (Å²) in [6.07, 6.45) is 20.8. The minimum Gasteiger partial charge on any atom is -0.271 e. The number of carbonyl (C=O) groups is 4. The van der Waals surface area contributed by atoms with Crippen molar-refractivity contribution in [3.8, 4) is 0 Å². The van der Waals surface area contributed by atoms with E-state index in [2.05, 4.69) is 93.5 Å². The van der Waals surface area contributed by atoms with Crippen LogP contribution < -0.4 is 0 Å². The number of imide groups is 2. The van der Waals surface area contributed by atoms with Crippen molar-refractivity contribution >= 4 is 90.2 Å². The third kappa shape index (κ3) is 10.2. The number of thioether (sulfide) groups is 2. The second kappa shape index (κ2) is 21.3. The summed E-state index contributed by atoms with van der Waals surface area (Å²) in [5.74, 6) is -0.738. The van der Waals surface area contributed by atoms with Crippen molar-refractivity contribution in [3.05, 3.63) is 58.7 Å². The van der Waals surface area contributed by atoms with E-state index in [0.717, 1.165) is 181 Å². The van der Waals surface area contributed by atoms with Gasteiger partial charge in [-0.25, -0.2) is 0 Å². The third-order valence-electron chi connectivity index (χ3n) is 14.0. The first-order valence-corrected chi connectivity index (χ1v) is 27.6. The molecule has 5 aromatic carbocycles. The zero-order valence-corrected chi connectivity index (χ0v) is 43.7. The van der Waals surface area contributed by atoms with Crippen molar-refractivity contribution in [2.75, 3.05) is 0 Å². The van der Waals surface area contributed by atoms with Gasteiger partial charge in [-0.3, -0.25) is 29.0 Å². The SMILES string of the molecule is CCCCCCC(CCCCCC)N1C(=O)c2ccc3c4c(SC(C)(C)C)cc5c6c(cc(SC(C)(C)C)c(c7ccc(c2c37)C1=O)c64)C(=O)N(C(CCCCCC)CCCCCC)C5=O. The predicted molar refractivity (Wildman–Crippen MR) is 282 cm³/mol. The zero-order chi connectivity index (χ0) is 47.5. The van der Waals surface area contributed by atoms with Crippen molar-refractivity contribution < 1.29 is 19.2 Å². The number of hydrogen-bond acceptors (Lipinski definition) is 6. The largest absolute Gasteiger partial charge is 0.271 e. The Morgan fingerprint density at radius 3 is 1.03 bits per heavy atom. The van der Waals surface area contributed by atoms with Crippen LogP contribution in [0.1, 0.15) is 239 Å². The molecule has 0 unspecified atom stereocenters. The molecule has 4 amide bonds. The van der Waals surface area contributed by atoms with E-state index >= 15 is 19.2 Å². The number of fused-ring (bicyclic) bond motifs is 2. The van der Waals surface area contributed by atoms with E-state index in [1.165, 1.54) is 0 Å². The summed E-state index contributed by atoms with van der Waals surface area (Å²) < 4.78 is -0.428. The third-order valence-corrected chi connectivity index (χ3v) is 16.3. The number of hydrogen-bond donors (Lipinski definition) is 0. The van der Waals surface area contributed by atoms with E-state index < -0.39 is 0 Å². The summed E-state index contributed by atoms with van der Waals surface area (Å²) in [6, 6.07) is 12.0. The van der Waals surface area contributed by atoms with Crippen LogP contribution in [-0.2, 0) is 0 Å². The van der Waals surface area contributed by atoms with Gasteiger partial charge in [0.05, 0.1) is 0 Å². The number of benzene rings is 5. The molecule has 7 rings (SSSR count). The Balaban J connectivity index is 1.48.